The molecule has 7 heteroatoms. The quantitative estimate of drug-likeness (QED) is 0.889. The fourth-order valence-electron chi connectivity index (χ4n) is 2.70. The molecule has 1 aromatic heterocycles. The van der Waals surface area contributed by atoms with E-state index in [0.717, 1.165) is 10.4 Å². The van der Waals surface area contributed by atoms with Gasteiger partial charge in [-0.3, -0.25) is 0 Å². The maximum Gasteiger partial charge on any atom is 0.345 e. The van der Waals surface area contributed by atoms with Crippen molar-refractivity contribution in [2.75, 3.05) is 19.7 Å². The van der Waals surface area contributed by atoms with Crippen LogP contribution in [0.3, 0.4) is 0 Å². The molecule has 120 valence electrons. The third-order valence-electron chi connectivity index (χ3n) is 4.19. The van der Waals surface area contributed by atoms with E-state index >= 15 is 0 Å². The van der Waals surface area contributed by atoms with Crippen molar-refractivity contribution in [1.29, 1.82) is 0 Å². The standard InChI is InChI=1S/C15H20N2O4S/c1-9-11(6-13(22-9)14(18)19)7-16-15(20)17-4-5-21-12(8-17)10-2-3-10/h6,10,12H,2-5,7-8H2,1H3,(H,16,20)(H,18,19). The first kappa shape index (κ1) is 15.3. The summed E-state index contributed by atoms with van der Waals surface area (Å²) in [6, 6.07) is 1.53. The number of nitrogens with one attached hydrogen (secondary N) is 1. The van der Waals surface area contributed by atoms with Gasteiger partial charge in [0.2, 0.25) is 0 Å². The van der Waals surface area contributed by atoms with Gasteiger partial charge in [0.25, 0.3) is 0 Å². The number of carbonyl (C=O) groups is 2. The number of amides is 2. The summed E-state index contributed by atoms with van der Waals surface area (Å²) in [7, 11) is 0. The van der Waals surface area contributed by atoms with Crippen LogP contribution in [0.25, 0.3) is 0 Å². The maximum atomic E-state index is 12.3. The van der Waals surface area contributed by atoms with E-state index in [2.05, 4.69) is 5.32 Å². The van der Waals surface area contributed by atoms with Crippen LogP contribution in [-0.2, 0) is 11.3 Å². The molecule has 22 heavy (non-hydrogen) atoms. The van der Waals surface area contributed by atoms with Crippen LogP contribution < -0.4 is 5.32 Å². The molecule has 1 unspecified atom stereocenters. The molecule has 1 atom stereocenters. The van der Waals surface area contributed by atoms with Gasteiger partial charge in [-0.25, -0.2) is 9.59 Å². The Balaban J connectivity index is 1.54. The minimum Gasteiger partial charge on any atom is -0.477 e. The average Bonchev–Trinajstić information content (AvgIpc) is 3.28. The van der Waals surface area contributed by atoms with Crippen molar-refractivity contribution in [3.63, 3.8) is 0 Å². The Morgan fingerprint density at radius 2 is 2.27 bits per heavy atom. The summed E-state index contributed by atoms with van der Waals surface area (Å²) in [4.78, 5) is 26.2. The predicted molar refractivity (Wildman–Crippen MR) is 82.3 cm³/mol. The summed E-state index contributed by atoms with van der Waals surface area (Å²) in [5.41, 5.74) is 0.864. The van der Waals surface area contributed by atoms with Gasteiger partial charge in [0.05, 0.1) is 12.7 Å². The highest BCUT2D eigenvalue weighted by molar-refractivity contribution is 7.14. The van der Waals surface area contributed by atoms with Crippen molar-refractivity contribution < 1.29 is 19.4 Å². The van der Waals surface area contributed by atoms with Gasteiger partial charge in [0.1, 0.15) is 4.88 Å². The molecule has 1 aromatic rings. The molecule has 0 spiro atoms. The molecule has 3 rings (SSSR count). The Morgan fingerprint density at radius 3 is 2.91 bits per heavy atom. The molecule has 0 radical (unpaired) electrons. The number of hydrogen-bond donors (Lipinski definition) is 2. The molecule has 1 saturated heterocycles. The molecular formula is C15H20N2O4S. The molecule has 2 N–H and O–H groups in total. The number of thiophene rings is 1. The summed E-state index contributed by atoms with van der Waals surface area (Å²) in [5.74, 6) is -0.307. The molecule has 1 saturated carbocycles. The molecule has 0 bridgehead atoms. The van der Waals surface area contributed by atoms with Crippen LogP contribution in [0.15, 0.2) is 6.07 Å². The average molecular weight is 324 g/mol. The van der Waals surface area contributed by atoms with Gasteiger partial charge in [-0.05, 0) is 37.3 Å². The summed E-state index contributed by atoms with van der Waals surface area (Å²) in [6.07, 6.45) is 2.58. The van der Waals surface area contributed by atoms with Crippen LogP contribution >= 0.6 is 11.3 Å². The fraction of sp³-hybridized carbons (Fsp3) is 0.600. The first-order valence-corrected chi connectivity index (χ1v) is 8.33. The first-order chi connectivity index (χ1) is 10.5. The van der Waals surface area contributed by atoms with Gasteiger partial charge in [-0.2, -0.15) is 0 Å². The van der Waals surface area contributed by atoms with E-state index in [0.29, 0.717) is 37.0 Å². The number of rotatable bonds is 4. The summed E-state index contributed by atoms with van der Waals surface area (Å²) in [5, 5.41) is 11.9. The van der Waals surface area contributed by atoms with E-state index < -0.39 is 5.97 Å². The van der Waals surface area contributed by atoms with E-state index in [-0.39, 0.29) is 12.1 Å². The van der Waals surface area contributed by atoms with E-state index in [1.54, 1.807) is 11.0 Å². The van der Waals surface area contributed by atoms with Crippen molar-refractivity contribution in [3.05, 3.63) is 21.4 Å². The summed E-state index contributed by atoms with van der Waals surface area (Å²) in [6.45, 7) is 4.09. The van der Waals surface area contributed by atoms with E-state index in [4.69, 9.17) is 9.84 Å². The van der Waals surface area contributed by atoms with Crippen LogP contribution in [0.4, 0.5) is 4.79 Å². The summed E-state index contributed by atoms with van der Waals surface area (Å²) >= 11 is 1.24. The van der Waals surface area contributed by atoms with Crippen molar-refractivity contribution in [1.82, 2.24) is 10.2 Å². The van der Waals surface area contributed by atoms with Gasteiger partial charge in [0.15, 0.2) is 0 Å². The van der Waals surface area contributed by atoms with Gasteiger partial charge >= 0.3 is 12.0 Å². The number of hydrogen-bond acceptors (Lipinski definition) is 4. The van der Waals surface area contributed by atoms with Gasteiger partial charge < -0.3 is 20.1 Å². The SMILES string of the molecule is Cc1sc(C(=O)O)cc1CNC(=O)N1CCOC(C2CC2)C1. The number of aromatic carboxylic acids is 1. The first-order valence-electron chi connectivity index (χ1n) is 7.51. The minimum absolute atomic E-state index is 0.101. The number of nitrogens with zero attached hydrogens (tertiary/aromatic N) is 1. The molecule has 1 aliphatic heterocycles. The lowest BCUT2D eigenvalue weighted by atomic mass is 10.2. The van der Waals surface area contributed by atoms with E-state index in [1.807, 2.05) is 6.92 Å². The second kappa shape index (κ2) is 6.26. The lowest BCUT2D eigenvalue weighted by molar-refractivity contribution is -0.0252. The molecule has 6 nitrogen and oxygen atoms in total. The van der Waals surface area contributed by atoms with Crippen LogP contribution in [-0.4, -0.2) is 47.8 Å². The number of aryl methyl sites for hydroxylation is 1. The lowest BCUT2D eigenvalue weighted by Gasteiger charge is -2.33. The highest BCUT2D eigenvalue weighted by Gasteiger charge is 2.36. The Labute approximate surface area is 133 Å². The van der Waals surface area contributed by atoms with Gasteiger partial charge in [-0.1, -0.05) is 0 Å². The number of morpholine rings is 1. The molecule has 2 aliphatic rings. The summed E-state index contributed by atoms with van der Waals surface area (Å²) < 4.78 is 5.71. The van der Waals surface area contributed by atoms with Crippen LogP contribution in [0.2, 0.25) is 0 Å². The van der Waals surface area contributed by atoms with Gasteiger partial charge in [0, 0.05) is 24.5 Å². The smallest absolute Gasteiger partial charge is 0.345 e. The van der Waals surface area contributed by atoms with Crippen LogP contribution in [0.5, 0.6) is 0 Å². The molecule has 2 amide bonds. The minimum atomic E-state index is -0.925. The second-order valence-electron chi connectivity index (χ2n) is 5.85. The van der Waals surface area contributed by atoms with Crippen LogP contribution in [0.1, 0.15) is 33.0 Å². The Morgan fingerprint density at radius 1 is 1.50 bits per heavy atom. The monoisotopic (exact) mass is 324 g/mol. The third-order valence-corrected chi connectivity index (χ3v) is 5.27. The molecule has 2 heterocycles. The Bertz CT molecular complexity index is 582. The van der Waals surface area contributed by atoms with E-state index in [9.17, 15) is 9.59 Å². The topological polar surface area (TPSA) is 78.9 Å². The molecule has 1 aliphatic carbocycles. The van der Waals surface area contributed by atoms with Crippen molar-refractivity contribution in [3.8, 4) is 0 Å². The molecule has 2 fully saturated rings. The zero-order valence-electron chi connectivity index (χ0n) is 12.5. The maximum absolute atomic E-state index is 12.3. The van der Waals surface area contributed by atoms with E-state index in [1.165, 1.54) is 24.2 Å². The van der Waals surface area contributed by atoms with Crippen molar-refractivity contribution >= 4 is 23.3 Å². The third kappa shape index (κ3) is 3.41. The zero-order chi connectivity index (χ0) is 15.7. The number of carboxylic acids is 1. The highest BCUT2D eigenvalue weighted by atomic mass is 32.1. The molecule has 0 aromatic carbocycles. The second-order valence-corrected chi connectivity index (χ2v) is 7.10. The Kier molecular flexibility index (Phi) is 4.35. The van der Waals surface area contributed by atoms with Crippen LogP contribution in [0, 0.1) is 12.8 Å². The van der Waals surface area contributed by atoms with Gasteiger partial charge in [-0.15, -0.1) is 11.3 Å². The normalized spacial score (nSPS) is 21.7. The number of carbonyl (C=O) groups excluding carboxylic acids is 1. The number of ether oxygens (including phenoxy) is 1. The number of carboxylic acid groups (broad SMARTS) is 1. The zero-order valence-corrected chi connectivity index (χ0v) is 13.3. The largest absolute Gasteiger partial charge is 0.477 e. The van der Waals surface area contributed by atoms with Crippen molar-refractivity contribution in [2.24, 2.45) is 5.92 Å². The highest BCUT2D eigenvalue weighted by Crippen LogP contribution is 2.35. The lowest BCUT2D eigenvalue weighted by Crippen LogP contribution is -2.50. The Hall–Kier alpha value is -1.60. The fourth-order valence-corrected chi connectivity index (χ4v) is 3.58. The van der Waals surface area contributed by atoms with Crippen molar-refractivity contribution in [2.45, 2.75) is 32.4 Å². The molecular weight excluding hydrogens is 304 g/mol. The number of urea groups is 1. The predicted octanol–water partition coefficient (Wildman–Crippen LogP) is 2.08.